The van der Waals surface area contributed by atoms with E-state index in [1.165, 1.54) is 11.8 Å². The zero-order valence-electron chi connectivity index (χ0n) is 25.9. The molecule has 1 amide bonds. The van der Waals surface area contributed by atoms with Crippen molar-refractivity contribution >= 4 is 29.8 Å². The Morgan fingerprint density at radius 2 is 1.93 bits per heavy atom. The first-order valence-electron chi connectivity index (χ1n) is 15.5. The highest BCUT2D eigenvalue weighted by molar-refractivity contribution is 5.88. The summed E-state index contributed by atoms with van der Waals surface area (Å²) in [5, 5.41) is 15.6. The summed E-state index contributed by atoms with van der Waals surface area (Å²) in [5.41, 5.74) is 5.06. The minimum Gasteiger partial charge on any atom is -0.484 e. The molecule has 0 unspecified atom stereocenters. The zero-order valence-corrected chi connectivity index (χ0v) is 25.9. The van der Waals surface area contributed by atoms with Gasteiger partial charge in [0.1, 0.15) is 22.4 Å². The van der Waals surface area contributed by atoms with Crippen LogP contribution in [0, 0.1) is 5.41 Å². The third-order valence-corrected chi connectivity index (χ3v) is 7.79. The van der Waals surface area contributed by atoms with E-state index in [4.69, 9.17) is 10.1 Å². The van der Waals surface area contributed by atoms with E-state index in [0.717, 1.165) is 80.7 Å². The number of allylic oxidation sites excluding steroid dienone is 5. The maximum atomic E-state index is 12.5. The van der Waals surface area contributed by atoms with Crippen molar-refractivity contribution in [2.45, 2.75) is 78.7 Å². The third kappa shape index (κ3) is 9.11. The first-order chi connectivity index (χ1) is 20.8. The predicted molar refractivity (Wildman–Crippen MR) is 174 cm³/mol. The lowest BCUT2D eigenvalue weighted by Crippen LogP contribution is -2.32. The smallest absolute Gasteiger partial charge is 0.273 e. The van der Waals surface area contributed by atoms with E-state index >= 15 is 0 Å². The number of nitrogens with one attached hydrogen (secondary N) is 5. The van der Waals surface area contributed by atoms with Crippen LogP contribution >= 0.6 is 0 Å². The molecule has 4 rings (SSSR count). The fourth-order valence-electron chi connectivity index (χ4n) is 4.91. The van der Waals surface area contributed by atoms with Gasteiger partial charge in [0.25, 0.3) is 11.5 Å². The standard InChI is InChI=1S/C34H46N6O3/c1-5-7-13-31-38-30(34(42)39-31)19-26(21-35)24(4)36-32(37-27-14-15-27)20-29(23(3)6-2)25-11-10-12-28(18-25)43-22-33(41)40-16-8-9-17-40/h10-13,18-21,27,35-38H,5-9,14-17,22H2,1-4H3,(H,39,42)/b26-24-,29-23+,30-19-,31-13+,32-20+,35-21?. The van der Waals surface area contributed by atoms with Gasteiger partial charge >= 0.3 is 0 Å². The molecule has 2 aliphatic rings. The lowest BCUT2D eigenvalue weighted by atomic mass is 9.98. The predicted octanol–water partition coefficient (Wildman–Crippen LogP) is 4.06. The first kappa shape index (κ1) is 31.7. The largest absolute Gasteiger partial charge is 0.484 e. The Kier molecular flexibility index (Phi) is 11.2. The molecule has 0 atom stereocenters. The van der Waals surface area contributed by atoms with Gasteiger partial charge in [0, 0.05) is 36.6 Å². The molecule has 43 heavy (non-hydrogen) atoms. The summed E-state index contributed by atoms with van der Waals surface area (Å²) in [7, 11) is 0. The van der Waals surface area contributed by atoms with Gasteiger partial charge in [0.2, 0.25) is 0 Å². The Balaban J connectivity index is 1.62. The van der Waals surface area contributed by atoms with Gasteiger partial charge in [0.15, 0.2) is 6.61 Å². The number of rotatable bonds is 14. The van der Waals surface area contributed by atoms with Gasteiger partial charge in [-0.1, -0.05) is 38.0 Å². The van der Waals surface area contributed by atoms with Gasteiger partial charge in [0.05, 0.1) is 0 Å². The second-order valence-electron chi connectivity index (χ2n) is 11.3. The highest BCUT2D eigenvalue weighted by Gasteiger charge is 2.22. The Labute approximate surface area is 254 Å². The molecule has 9 nitrogen and oxygen atoms in total. The Morgan fingerprint density at radius 1 is 1.16 bits per heavy atom. The third-order valence-electron chi connectivity index (χ3n) is 7.79. The number of ether oxygens (including phenoxy) is 1. The van der Waals surface area contributed by atoms with Crippen LogP contribution in [0.4, 0.5) is 0 Å². The van der Waals surface area contributed by atoms with E-state index in [9.17, 15) is 9.59 Å². The van der Waals surface area contributed by atoms with Crippen molar-refractivity contribution in [1.82, 2.24) is 25.5 Å². The van der Waals surface area contributed by atoms with Crippen molar-refractivity contribution in [2.24, 2.45) is 0 Å². The number of H-pyrrole nitrogens is 2. The van der Waals surface area contributed by atoms with Crippen LogP contribution in [0.1, 0.15) is 78.2 Å². The van der Waals surface area contributed by atoms with Crippen molar-refractivity contribution in [2.75, 3.05) is 19.7 Å². The molecule has 5 N–H and O–H groups in total. The van der Waals surface area contributed by atoms with Crippen LogP contribution in [0.25, 0.3) is 17.7 Å². The van der Waals surface area contributed by atoms with Crippen molar-refractivity contribution in [3.05, 3.63) is 79.8 Å². The van der Waals surface area contributed by atoms with Crippen molar-refractivity contribution < 1.29 is 9.53 Å². The summed E-state index contributed by atoms with van der Waals surface area (Å²) >= 11 is 0. The Morgan fingerprint density at radius 3 is 2.60 bits per heavy atom. The monoisotopic (exact) mass is 586 g/mol. The van der Waals surface area contributed by atoms with Crippen molar-refractivity contribution in [3.8, 4) is 5.75 Å². The molecular weight excluding hydrogens is 540 g/mol. The number of nitrogens with zero attached hydrogens (tertiary/aromatic N) is 1. The second-order valence-corrected chi connectivity index (χ2v) is 11.3. The average Bonchev–Trinajstić information content (AvgIpc) is 3.50. The van der Waals surface area contributed by atoms with E-state index in [2.05, 4.69) is 53.5 Å². The summed E-state index contributed by atoms with van der Waals surface area (Å²) in [6.07, 6.45) is 14.0. The van der Waals surface area contributed by atoms with Crippen LogP contribution in [0.3, 0.4) is 0 Å². The second kappa shape index (κ2) is 15.3. The lowest BCUT2D eigenvalue weighted by molar-refractivity contribution is -0.132. The maximum absolute atomic E-state index is 12.5. The Hall–Kier alpha value is -4.27. The number of benzene rings is 1. The van der Waals surface area contributed by atoms with E-state index in [-0.39, 0.29) is 18.1 Å². The highest BCUT2D eigenvalue weighted by atomic mass is 16.5. The minimum atomic E-state index is -0.214. The number of aromatic amines is 2. The molecule has 1 saturated heterocycles. The van der Waals surface area contributed by atoms with E-state index in [1.54, 1.807) is 6.08 Å². The summed E-state index contributed by atoms with van der Waals surface area (Å²) < 4.78 is 5.93. The highest BCUT2D eigenvalue weighted by Crippen LogP contribution is 2.28. The van der Waals surface area contributed by atoms with Gasteiger partial charge < -0.3 is 35.6 Å². The number of aromatic nitrogens is 2. The lowest BCUT2D eigenvalue weighted by Gasteiger charge is -2.18. The summed E-state index contributed by atoms with van der Waals surface area (Å²) in [6.45, 7) is 9.90. The molecule has 230 valence electrons. The number of imidazole rings is 1. The number of likely N-dealkylation sites (tertiary alicyclic amines) is 1. The molecule has 1 aromatic heterocycles. The van der Waals surface area contributed by atoms with Crippen LogP contribution in [0.5, 0.6) is 5.75 Å². The fourth-order valence-corrected chi connectivity index (χ4v) is 4.91. The number of carbonyl (C=O) groups excluding carboxylic acids is 1. The van der Waals surface area contributed by atoms with E-state index in [1.807, 2.05) is 36.1 Å². The minimum absolute atomic E-state index is 0.0288. The van der Waals surface area contributed by atoms with E-state index < -0.39 is 0 Å². The number of carbonyl (C=O) groups is 1. The molecule has 1 aliphatic heterocycles. The zero-order chi connectivity index (χ0) is 30.8. The number of amides is 1. The molecule has 1 aliphatic carbocycles. The van der Waals surface area contributed by atoms with E-state index in [0.29, 0.717) is 28.2 Å². The maximum Gasteiger partial charge on any atom is 0.273 e. The molecule has 2 aromatic rings. The topological polar surface area (TPSA) is 126 Å². The SMILES string of the molecule is CCC/C=c1/[nH]c(=O)/c(=C/C(C=N)=C(\C)N/C(=C\C(=C(\C)CC)c2cccc(OCC(=O)N3CCCC3)c2)NC2CC2)[nH]1. The van der Waals surface area contributed by atoms with Gasteiger partial charge in [-0.2, -0.15) is 0 Å². The molecule has 0 spiro atoms. The van der Waals surface area contributed by atoms with Gasteiger partial charge in [-0.05, 0) is 93.9 Å². The van der Waals surface area contributed by atoms with Crippen molar-refractivity contribution in [1.29, 1.82) is 5.41 Å². The normalized spacial score (nSPS) is 17.5. The van der Waals surface area contributed by atoms with Crippen LogP contribution < -0.4 is 31.8 Å². The average molecular weight is 587 g/mol. The quantitative estimate of drug-likeness (QED) is 0.169. The fraction of sp³-hybridized carbons (Fsp3) is 0.441. The molecule has 0 bridgehead atoms. The number of hydrogen-bond acceptors (Lipinski definition) is 6. The molecule has 2 heterocycles. The Bertz CT molecular complexity index is 1570. The van der Waals surface area contributed by atoms with Crippen LogP contribution in [0.15, 0.2) is 57.8 Å². The first-order valence-corrected chi connectivity index (χ1v) is 15.5. The summed E-state index contributed by atoms with van der Waals surface area (Å²) in [5.74, 6) is 1.51. The molecule has 0 radical (unpaired) electrons. The van der Waals surface area contributed by atoms with Crippen LogP contribution in [-0.2, 0) is 4.79 Å². The number of hydrogen-bond donors (Lipinski definition) is 5. The van der Waals surface area contributed by atoms with Crippen LogP contribution in [-0.4, -0.2) is 52.7 Å². The molecule has 1 aromatic carbocycles. The molecule has 1 saturated carbocycles. The summed E-state index contributed by atoms with van der Waals surface area (Å²) in [6, 6.07) is 8.27. The van der Waals surface area contributed by atoms with Crippen LogP contribution in [0.2, 0.25) is 0 Å². The van der Waals surface area contributed by atoms with Gasteiger partial charge in [-0.25, -0.2) is 0 Å². The molecule has 2 fully saturated rings. The van der Waals surface area contributed by atoms with Gasteiger partial charge in [-0.15, -0.1) is 0 Å². The molecule has 9 heteroatoms. The molecular formula is C34H46N6O3. The van der Waals surface area contributed by atoms with Crippen molar-refractivity contribution in [3.63, 3.8) is 0 Å². The summed E-state index contributed by atoms with van der Waals surface area (Å²) in [4.78, 5) is 32.9. The number of unbranched alkanes of at least 4 members (excludes halogenated alkanes) is 1. The van der Waals surface area contributed by atoms with Gasteiger partial charge in [-0.3, -0.25) is 9.59 Å².